The van der Waals surface area contributed by atoms with Gasteiger partial charge in [-0.25, -0.2) is 0 Å². The molecule has 0 saturated heterocycles. The summed E-state index contributed by atoms with van der Waals surface area (Å²) in [5.74, 6) is -0.0959. The molecule has 1 amide bonds. The van der Waals surface area contributed by atoms with Crippen LogP contribution in [0.4, 0.5) is 5.69 Å². The molecule has 0 saturated carbocycles. The normalized spacial score (nSPS) is 19.5. The Kier molecular flexibility index (Phi) is 5.46. The maximum Gasteiger partial charge on any atom is 0.269 e. The van der Waals surface area contributed by atoms with Gasteiger partial charge in [-0.05, 0) is 36.8 Å². The second kappa shape index (κ2) is 7.95. The Bertz CT molecular complexity index is 813. The van der Waals surface area contributed by atoms with Gasteiger partial charge in [-0.2, -0.15) is 0 Å². The van der Waals surface area contributed by atoms with Gasteiger partial charge in [0.05, 0.1) is 4.92 Å². The third-order valence-corrected chi connectivity index (χ3v) is 4.93. The first kappa shape index (κ1) is 17.9. The van der Waals surface area contributed by atoms with Gasteiger partial charge in [0, 0.05) is 24.6 Å². The molecule has 2 aromatic carbocycles. The van der Waals surface area contributed by atoms with E-state index in [9.17, 15) is 14.9 Å². The lowest BCUT2D eigenvalue weighted by atomic mass is 9.75. The molecule has 5 heteroatoms. The zero-order valence-electron chi connectivity index (χ0n) is 14.7. The van der Waals surface area contributed by atoms with Gasteiger partial charge in [0.25, 0.3) is 5.69 Å². The molecule has 0 radical (unpaired) electrons. The van der Waals surface area contributed by atoms with Gasteiger partial charge in [0.15, 0.2) is 0 Å². The van der Waals surface area contributed by atoms with Crippen LogP contribution >= 0.6 is 0 Å². The van der Waals surface area contributed by atoms with Crippen molar-refractivity contribution in [1.29, 1.82) is 0 Å². The van der Waals surface area contributed by atoms with E-state index < -0.39 is 4.92 Å². The number of benzene rings is 2. The average Bonchev–Trinajstić information content (AvgIpc) is 2.67. The number of hydrogen-bond acceptors (Lipinski definition) is 3. The molecular formula is C21H22N2O3. The van der Waals surface area contributed by atoms with Gasteiger partial charge in [-0.3, -0.25) is 14.9 Å². The van der Waals surface area contributed by atoms with Crippen molar-refractivity contribution < 1.29 is 9.72 Å². The van der Waals surface area contributed by atoms with Crippen LogP contribution in [0.3, 0.4) is 0 Å². The molecule has 2 atom stereocenters. The van der Waals surface area contributed by atoms with E-state index in [0.29, 0.717) is 13.0 Å². The first-order chi connectivity index (χ1) is 12.5. The van der Waals surface area contributed by atoms with E-state index >= 15 is 0 Å². The number of non-ortho nitro benzene ring substituents is 1. The molecule has 2 aromatic rings. The fraction of sp³-hybridized carbons (Fsp3) is 0.286. The maximum atomic E-state index is 12.8. The summed E-state index contributed by atoms with van der Waals surface area (Å²) in [6.07, 6.45) is 3.60. The third kappa shape index (κ3) is 4.17. The van der Waals surface area contributed by atoms with Crippen molar-refractivity contribution in [2.24, 2.45) is 5.92 Å². The smallest absolute Gasteiger partial charge is 0.269 e. The number of carbonyl (C=O) groups excluding carboxylic acids is 1. The fourth-order valence-electron chi connectivity index (χ4n) is 3.46. The standard InChI is InChI=1S/C21H22N2O3/c1-15-7-12-19(21(24)22-14-16-5-3-2-4-6-16)20(13-15)17-8-10-18(11-9-17)23(25)26/h2-11,19-20H,12-14H2,1H3,(H,22,24)/t19-,20+/m0/s1. The molecule has 0 aromatic heterocycles. The van der Waals surface area contributed by atoms with Crippen molar-refractivity contribution in [3.8, 4) is 0 Å². The highest BCUT2D eigenvalue weighted by molar-refractivity contribution is 5.80. The van der Waals surface area contributed by atoms with Crippen LogP contribution in [-0.2, 0) is 11.3 Å². The first-order valence-corrected chi connectivity index (χ1v) is 8.76. The minimum Gasteiger partial charge on any atom is -0.352 e. The first-order valence-electron chi connectivity index (χ1n) is 8.76. The van der Waals surface area contributed by atoms with Crippen molar-refractivity contribution in [2.75, 3.05) is 0 Å². The number of nitro groups is 1. The van der Waals surface area contributed by atoms with Crippen LogP contribution in [0.25, 0.3) is 0 Å². The quantitative estimate of drug-likeness (QED) is 0.495. The Morgan fingerprint density at radius 1 is 1.15 bits per heavy atom. The van der Waals surface area contributed by atoms with Crippen molar-refractivity contribution in [1.82, 2.24) is 5.32 Å². The van der Waals surface area contributed by atoms with Crippen molar-refractivity contribution >= 4 is 11.6 Å². The molecule has 1 aliphatic carbocycles. The van der Waals surface area contributed by atoms with Gasteiger partial charge in [0.1, 0.15) is 0 Å². The molecule has 5 nitrogen and oxygen atoms in total. The molecule has 0 fully saturated rings. The Morgan fingerprint density at radius 2 is 1.85 bits per heavy atom. The van der Waals surface area contributed by atoms with E-state index in [-0.39, 0.29) is 23.4 Å². The summed E-state index contributed by atoms with van der Waals surface area (Å²) >= 11 is 0. The largest absolute Gasteiger partial charge is 0.352 e. The highest BCUT2D eigenvalue weighted by atomic mass is 16.6. The van der Waals surface area contributed by atoms with E-state index in [0.717, 1.165) is 17.5 Å². The molecule has 0 spiro atoms. The monoisotopic (exact) mass is 350 g/mol. The van der Waals surface area contributed by atoms with E-state index in [2.05, 4.69) is 18.3 Å². The number of nitrogens with zero attached hydrogens (tertiary/aromatic N) is 1. The van der Waals surface area contributed by atoms with Crippen LogP contribution in [0, 0.1) is 16.0 Å². The average molecular weight is 350 g/mol. The number of carbonyl (C=O) groups is 1. The van der Waals surface area contributed by atoms with Crippen molar-refractivity contribution in [3.63, 3.8) is 0 Å². The number of hydrogen-bond donors (Lipinski definition) is 1. The van der Waals surface area contributed by atoms with Crippen LogP contribution in [0.5, 0.6) is 0 Å². The number of nitrogens with one attached hydrogen (secondary N) is 1. The second-order valence-electron chi connectivity index (χ2n) is 6.76. The molecule has 134 valence electrons. The number of allylic oxidation sites excluding steroid dienone is 2. The summed E-state index contributed by atoms with van der Waals surface area (Å²) in [7, 11) is 0. The van der Waals surface area contributed by atoms with Gasteiger partial charge in [-0.1, -0.05) is 54.1 Å². The molecule has 3 rings (SSSR count). The summed E-state index contributed by atoms with van der Waals surface area (Å²) in [4.78, 5) is 23.3. The van der Waals surface area contributed by atoms with E-state index in [4.69, 9.17) is 0 Å². The van der Waals surface area contributed by atoms with Crippen LogP contribution < -0.4 is 5.32 Å². The summed E-state index contributed by atoms with van der Waals surface area (Å²) in [6.45, 7) is 2.57. The lowest BCUT2D eigenvalue weighted by molar-refractivity contribution is -0.384. The molecule has 0 heterocycles. The Hall–Kier alpha value is -2.95. The minimum absolute atomic E-state index is 0.0287. The lowest BCUT2D eigenvalue weighted by Gasteiger charge is -2.30. The van der Waals surface area contributed by atoms with Gasteiger partial charge >= 0.3 is 0 Å². The van der Waals surface area contributed by atoms with Gasteiger partial charge in [-0.15, -0.1) is 0 Å². The van der Waals surface area contributed by atoms with Gasteiger partial charge < -0.3 is 5.32 Å². The van der Waals surface area contributed by atoms with E-state index in [1.807, 2.05) is 30.3 Å². The minimum atomic E-state index is -0.403. The molecule has 26 heavy (non-hydrogen) atoms. The highest BCUT2D eigenvalue weighted by Gasteiger charge is 2.31. The molecule has 0 unspecified atom stereocenters. The topological polar surface area (TPSA) is 72.2 Å². The maximum absolute atomic E-state index is 12.8. The zero-order chi connectivity index (χ0) is 18.5. The molecule has 0 aliphatic heterocycles. The second-order valence-corrected chi connectivity index (χ2v) is 6.76. The number of amides is 1. The summed E-state index contributed by atoms with van der Waals surface area (Å²) in [6, 6.07) is 16.4. The van der Waals surface area contributed by atoms with Crippen molar-refractivity contribution in [3.05, 3.63) is 87.5 Å². The fourth-order valence-corrected chi connectivity index (χ4v) is 3.46. The van der Waals surface area contributed by atoms with E-state index in [1.165, 1.54) is 17.7 Å². The Labute approximate surface area is 152 Å². The predicted molar refractivity (Wildman–Crippen MR) is 101 cm³/mol. The van der Waals surface area contributed by atoms with Crippen LogP contribution in [-0.4, -0.2) is 10.8 Å². The summed E-state index contributed by atoms with van der Waals surface area (Å²) in [5.41, 5.74) is 3.36. The molecule has 0 bridgehead atoms. The predicted octanol–water partition coefficient (Wildman–Crippen LogP) is 4.35. The molecule has 1 N–H and O–H groups in total. The molecule has 1 aliphatic rings. The third-order valence-electron chi connectivity index (χ3n) is 4.93. The Morgan fingerprint density at radius 3 is 2.50 bits per heavy atom. The van der Waals surface area contributed by atoms with Gasteiger partial charge in [0.2, 0.25) is 5.91 Å². The van der Waals surface area contributed by atoms with Crippen LogP contribution in [0.1, 0.15) is 36.8 Å². The SMILES string of the molecule is CC1=CC[C@H](C(=O)NCc2ccccc2)[C@@H](c2ccc([N+](=O)[O-])cc2)C1. The lowest BCUT2D eigenvalue weighted by Crippen LogP contribution is -2.35. The van der Waals surface area contributed by atoms with Crippen molar-refractivity contribution in [2.45, 2.75) is 32.2 Å². The van der Waals surface area contributed by atoms with Crippen LogP contribution in [0.2, 0.25) is 0 Å². The Balaban J connectivity index is 1.75. The summed E-state index contributed by atoms with van der Waals surface area (Å²) in [5, 5.41) is 13.9. The number of nitro benzene ring substituents is 1. The number of rotatable bonds is 5. The zero-order valence-corrected chi connectivity index (χ0v) is 14.7. The van der Waals surface area contributed by atoms with E-state index in [1.54, 1.807) is 12.1 Å². The highest BCUT2D eigenvalue weighted by Crippen LogP contribution is 2.38. The summed E-state index contributed by atoms with van der Waals surface area (Å²) < 4.78 is 0. The van der Waals surface area contributed by atoms with Crippen LogP contribution in [0.15, 0.2) is 66.2 Å². The molecular weight excluding hydrogens is 328 g/mol.